The summed E-state index contributed by atoms with van der Waals surface area (Å²) in [5.41, 5.74) is 2.30. The minimum Gasteiger partial charge on any atom is -0.495 e. The van der Waals surface area contributed by atoms with Gasteiger partial charge in [-0.05, 0) is 54.6 Å². The number of nitrogens with one attached hydrogen (secondary N) is 2. The van der Waals surface area contributed by atoms with Crippen LogP contribution in [0.25, 0.3) is 0 Å². The van der Waals surface area contributed by atoms with E-state index in [1.54, 1.807) is 60.7 Å². The summed E-state index contributed by atoms with van der Waals surface area (Å²) in [6.45, 7) is 0. The number of rotatable bonds is 5. The van der Waals surface area contributed by atoms with Crippen molar-refractivity contribution in [3.8, 4) is 11.8 Å². The van der Waals surface area contributed by atoms with Gasteiger partial charge in [-0.1, -0.05) is 18.2 Å². The van der Waals surface area contributed by atoms with Crippen molar-refractivity contribution in [1.82, 2.24) is 0 Å². The molecule has 3 aromatic carbocycles. The van der Waals surface area contributed by atoms with Crippen molar-refractivity contribution in [2.75, 3.05) is 17.7 Å². The van der Waals surface area contributed by atoms with Gasteiger partial charge in [-0.3, -0.25) is 9.59 Å². The van der Waals surface area contributed by atoms with E-state index >= 15 is 0 Å². The predicted octanol–water partition coefficient (Wildman–Crippen LogP) is 4.07. The van der Waals surface area contributed by atoms with Gasteiger partial charge in [-0.2, -0.15) is 5.26 Å². The Kier molecular flexibility index (Phi) is 5.68. The van der Waals surface area contributed by atoms with Crippen molar-refractivity contribution in [3.05, 3.63) is 89.5 Å². The predicted molar refractivity (Wildman–Crippen MR) is 106 cm³/mol. The average Bonchev–Trinajstić information content (AvgIpc) is 2.74. The summed E-state index contributed by atoms with van der Waals surface area (Å²) in [4.78, 5) is 25.0. The van der Waals surface area contributed by atoms with Gasteiger partial charge in [0, 0.05) is 16.8 Å². The molecule has 6 heteroatoms. The topological polar surface area (TPSA) is 91.2 Å². The molecule has 0 bridgehead atoms. The molecule has 2 N–H and O–H groups in total. The van der Waals surface area contributed by atoms with Crippen LogP contribution in [0.1, 0.15) is 26.3 Å². The van der Waals surface area contributed by atoms with E-state index in [0.29, 0.717) is 33.8 Å². The van der Waals surface area contributed by atoms with Gasteiger partial charge < -0.3 is 15.4 Å². The second-order valence-corrected chi connectivity index (χ2v) is 5.88. The molecule has 6 nitrogen and oxygen atoms in total. The summed E-state index contributed by atoms with van der Waals surface area (Å²) in [7, 11) is 1.53. The van der Waals surface area contributed by atoms with E-state index in [9.17, 15) is 9.59 Å². The fourth-order valence-electron chi connectivity index (χ4n) is 2.58. The maximum Gasteiger partial charge on any atom is 0.255 e. The number of amides is 2. The minimum absolute atomic E-state index is 0.344. The van der Waals surface area contributed by atoms with Crippen LogP contribution in [0.15, 0.2) is 72.8 Å². The Morgan fingerprint density at radius 3 is 2.14 bits per heavy atom. The molecule has 0 aliphatic carbocycles. The largest absolute Gasteiger partial charge is 0.495 e. The molecular formula is C22H17N3O3. The highest BCUT2D eigenvalue weighted by atomic mass is 16.5. The van der Waals surface area contributed by atoms with Crippen LogP contribution in [-0.2, 0) is 0 Å². The standard InChI is InChI=1S/C22H17N3O3/c1-28-20-8-3-2-7-19(20)25-22(27)17-6-4-5-16(13-17)21(26)24-18-11-9-15(14-23)10-12-18/h2-13H,1H3,(H,24,26)(H,25,27). The molecule has 28 heavy (non-hydrogen) atoms. The van der Waals surface area contributed by atoms with Gasteiger partial charge >= 0.3 is 0 Å². The molecule has 0 unspecified atom stereocenters. The molecule has 0 spiro atoms. The van der Waals surface area contributed by atoms with Crippen LogP contribution in [0, 0.1) is 11.3 Å². The molecule has 0 atom stereocenters. The molecule has 0 aromatic heterocycles. The summed E-state index contributed by atoms with van der Waals surface area (Å²) in [6.07, 6.45) is 0. The second-order valence-electron chi connectivity index (χ2n) is 5.88. The first-order valence-electron chi connectivity index (χ1n) is 8.46. The van der Waals surface area contributed by atoms with Crippen molar-refractivity contribution in [3.63, 3.8) is 0 Å². The van der Waals surface area contributed by atoms with E-state index in [4.69, 9.17) is 10.00 Å². The average molecular weight is 371 g/mol. The quantitative estimate of drug-likeness (QED) is 0.707. The molecule has 2 amide bonds. The number of methoxy groups -OCH3 is 1. The zero-order valence-electron chi connectivity index (χ0n) is 15.1. The fourth-order valence-corrected chi connectivity index (χ4v) is 2.58. The maximum absolute atomic E-state index is 12.6. The van der Waals surface area contributed by atoms with Crippen molar-refractivity contribution < 1.29 is 14.3 Å². The maximum atomic E-state index is 12.6. The Morgan fingerprint density at radius 1 is 0.857 bits per heavy atom. The number of hydrogen-bond acceptors (Lipinski definition) is 4. The van der Waals surface area contributed by atoms with Crippen LogP contribution in [0.5, 0.6) is 5.75 Å². The summed E-state index contributed by atoms with van der Waals surface area (Å²) in [6, 6.07) is 22.0. The van der Waals surface area contributed by atoms with E-state index in [1.807, 2.05) is 12.1 Å². The zero-order chi connectivity index (χ0) is 19.9. The number of ether oxygens (including phenoxy) is 1. The van der Waals surface area contributed by atoms with Gasteiger partial charge in [0.1, 0.15) is 5.75 Å². The summed E-state index contributed by atoms with van der Waals surface area (Å²) in [5.74, 6) is -0.153. The first-order valence-corrected chi connectivity index (χ1v) is 8.46. The highest BCUT2D eigenvalue weighted by Gasteiger charge is 2.13. The third kappa shape index (κ3) is 4.34. The number of benzene rings is 3. The van der Waals surface area contributed by atoms with Gasteiger partial charge in [0.15, 0.2) is 0 Å². The van der Waals surface area contributed by atoms with Gasteiger partial charge in [0.05, 0.1) is 24.4 Å². The molecule has 0 aliphatic heterocycles. The molecule has 0 saturated carbocycles. The van der Waals surface area contributed by atoms with Crippen LogP contribution < -0.4 is 15.4 Å². The van der Waals surface area contributed by atoms with Crippen LogP contribution in [0.4, 0.5) is 11.4 Å². The monoisotopic (exact) mass is 371 g/mol. The molecule has 138 valence electrons. The molecule has 0 saturated heterocycles. The third-order valence-electron chi connectivity index (χ3n) is 4.01. The summed E-state index contributed by atoms with van der Waals surface area (Å²) >= 11 is 0. The Morgan fingerprint density at radius 2 is 1.50 bits per heavy atom. The van der Waals surface area contributed by atoms with E-state index < -0.39 is 0 Å². The van der Waals surface area contributed by atoms with E-state index in [0.717, 1.165) is 0 Å². The molecule has 0 fully saturated rings. The fraction of sp³-hybridized carbons (Fsp3) is 0.0455. The number of carbonyl (C=O) groups is 2. The Bertz CT molecular complexity index is 1050. The van der Waals surface area contributed by atoms with Gasteiger partial charge in [-0.15, -0.1) is 0 Å². The van der Waals surface area contributed by atoms with Crippen LogP contribution in [0.3, 0.4) is 0 Å². The highest BCUT2D eigenvalue weighted by molar-refractivity contribution is 6.09. The van der Waals surface area contributed by atoms with E-state index in [2.05, 4.69) is 10.6 Å². The van der Waals surface area contributed by atoms with Gasteiger partial charge in [0.25, 0.3) is 11.8 Å². The van der Waals surface area contributed by atoms with Crippen molar-refractivity contribution in [2.45, 2.75) is 0 Å². The number of nitrogens with zero attached hydrogens (tertiary/aromatic N) is 1. The molecule has 0 aliphatic rings. The lowest BCUT2D eigenvalue weighted by Gasteiger charge is -2.10. The number of nitriles is 1. The lowest BCUT2D eigenvalue weighted by molar-refractivity contribution is 0.102. The van der Waals surface area contributed by atoms with Crippen LogP contribution in [0.2, 0.25) is 0 Å². The number of anilines is 2. The van der Waals surface area contributed by atoms with Gasteiger partial charge in [-0.25, -0.2) is 0 Å². The molecule has 3 rings (SSSR count). The van der Waals surface area contributed by atoms with Crippen LogP contribution in [-0.4, -0.2) is 18.9 Å². The summed E-state index contributed by atoms with van der Waals surface area (Å²) in [5, 5.41) is 14.4. The Labute approximate surface area is 162 Å². The Hall–Kier alpha value is -4.11. The van der Waals surface area contributed by atoms with Crippen molar-refractivity contribution >= 4 is 23.2 Å². The third-order valence-corrected chi connectivity index (χ3v) is 4.01. The highest BCUT2D eigenvalue weighted by Crippen LogP contribution is 2.23. The second kappa shape index (κ2) is 8.52. The molecule has 3 aromatic rings. The lowest BCUT2D eigenvalue weighted by atomic mass is 10.1. The minimum atomic E-state index is -0.350. The van der Waals surface area contributed by atoms with Crippen molar-refractivity contribution in [1.29, 1.82) is 5.26 Å². The Balaban J connectivity index is 1.74. The van der Waals surface area contributed by atoms with Gasteiger partial charge in [0.2, 0.25) is 0 Å². The van der Waals surface area contributed by atoms with Crippen molar-refractivity contribution in [2.24, 2.45) is 0 Å². The normalized spacial score (nSPS) is 9.86. The summed E-state index contributed by atoms with van der Waals surface area (Å²) < 4.78 is 5.23. The number of carbonyl (C=O) groups excluding carboxylic acids is 2. The van der Waals surface area contributed by atoms with E-state index in [1.165, 1.54) is 13.2 Å². The smallest absolute Gasteiger partial charge is 0.255 e. The first-order chi connectivity index (χ1) is 13.6. The molecular weight excluding hydrogens is 354 g/mol. The zero-order valence-corrected chi connectivity index (χ0v) is 15.1. The molecule has 0 heterocycles. The number of hydrogen-bond donors (Lipinski definition) is 2. The lowest BCUT2D eigenvalue weighted by Crippen LogP contribution is -2.16. The molecule has 0 radical (unpaired) electrons. The SMILES string of the molecule is COc1ccccc1NC(=O)c1cccc(C(=O)Nc2ccc(C#N)cc2)c1. The number of para-hydroxylation sites is 2. The first kappa shape index (κ1) is 18.7. The van der Waals surface area contributed by atoms with Crippen LogP contribution >= 0.6 is 0 Å². The van der Waals surface area contributed by atoms with E-state index in [-0.39, 0.29) is 11.8 Å².